The molecular formula is C13H16N4O2S2. The molecule has 2 heterocycles. The van der Waals surface area contributed by atoms with Crippen molar-refractivity contribution in [3.8, 4) is 10.7 Å². The zero-order valence-electron chi connectivity index (χ0n) is 11.5. The van der Waals surface area contributed by atoms with Gasteiger partial charge in [-0.25, -0.2) is 0 Å². The fraction of sp³-hybridized carbons (Fsp3) is 0.462. The van der Waals surface area contributed by atoms with Crippen molar-refractivity contribution in [1.29, 1.82) is 0 Å². The standard InChI is InChI=1S/C13H16N4O2S2/c1-8(11(19)14-13(7-18)4-5-13)17-10(15-16-12(17)20)9-3-2-6-21-9/h2-3,6,8,18H,4-5,7H2,1H3,(H,14,19)(H,16,20)/t8-/m1/s1. The molecule has 1 atom stereocenters. The third kappa shape index (κ3) is 2.66. The highest BCUT2D eigenvalue weighted by Gasteiger charge is 2.44. The van der Waals surface area contributed by atoms with Crippen LogP contribution in [0, 0.1) is 4.77 Å². The SMILES string of the molecule is C[C@H](C(=O)NC1(CO)CC1)n1c(-c2cccs2)n[nH]c1=S. The number of nitrogens with one attached hydrogen (secondary N) is 2. The minimum Gasteiger partial charge on any atom is -0.394 e. The van der Waals surface area contributed by atoms with E-state index >= 15 is 0 Å². The van der Waals surface area contributed by atoms with Gasteiger partial charge in [-0.3, -0.25) is 14.5 Å². The normalized spacial score (nSPS) is 17.4. The van der Waals surface area contributed by atoms with Gasteiger partial charge in [0.25, 0.3) is 0 Å². The quantitative estimate of drug-likeness (QED) is 0.733. The van der Waals surface area contributed by atoms with Crippen LogP contribution in [-0.2, 0) is 4.79 Å². The van der Waals surface area contributed by atoms with E-state index in [1.807, 2.05) is 17.5 Å². The first kappa shape index (κ1) is 14.4. The molecule has 112 valence electrons. The summed E-state index contributed by atoms with van der Waals surface area (Å²) in [5.74, 6) is 0.503. The Bertz CT molecular complexity index is 700. The molecular weight excluding hydrogens is 308 g/mol. The molecule has 3 N–H and O–H groups in total. The average Bonchev–Trinajstić information content (AvgIpc) is 2.89. The van der Waals surface area contributed by atoms with Crippen LogP contribution < -0.4 is 5.32 Å². The fourth-order valence-corrected chi connectivity index (χ4v) is 3.20. The molecule has 0 saturated heterocycles. The van der Waals surface area contributed by atoms with Crippen molar-refractivity contribution in [2.24, 2.45) is 0 Å². The van der Waals surface area contributed by atoms with Gasteiger partial charge < -0.3 is 10.4 Å². The van der Waals surface area contributed by atoms with Crippen LogP contribution in [0.25, 0.3) is 10.7 Å². The van der Waals surface area contributed by atoms with E-state index in [0.29, 0.717) is 10.6 Å². The maximum atomic E-state index is 12.4. The molecule has 21 heavy (non-hydrogen) atoms. The van der Waals surface area contributed by atoms with Crippen LogP contribution in [0.3, 0.4) is 0 Å². The summed E-state index contributed by atoms with van der Waals surface area (Å²) in [4.78, 5) is 13.4. The van der Waals surface area contributed by atoms with Gasteiger partial charge in [0, 0.05) is 0 Å². The number of thiophene rings is 1. The van der Waals surface area contributed by atoms with Gasteiger partial charge >= 0.3 is 0 Å². The summed E-state index contributed by atoms with van der Waals surface area (Å²) in [5.41, 5.74) is -0.430. The van der Waals surface area contributed by atoms with Crippen molar-refractivity contribution >= 4 is 29.5 Å². The molecule has 8 heteroatoms. The predicted octanol–water partition coefficient (Wildman–Crippen LogP) is 1.87. The molecule has 1 fully saturated rings. The number of carbonyl (C=O) groups excluding carboxylic acids is 1. The number of hydrogen-bond donors (Lipinski definition) is 3. The molecule has 0 unspecified atom stereocenters. The summed E-state index contributed by atoms with van der Waals surface area (Å²) < 4.78 is 2.12. The van der Waals surface area contributed by atoms with E-state index in [4.69, 9.17) is 12.2 Å². The predicted molar refractivity (Wildman–Crippen MR) is 82.6 cm³/mol. The molecule has 0 aliphatic heterocycles. The second kappa shape index (κ2) is 5.36. The summed E-state index contributed by atoms with van der Waals surface area (Å²) in [6.45, 7) is 1.76. The third-order valence-electron chi connectivity index (χ3n) is 3.76. The maximum Gasteiger partial charge on any atom is 0.243 e. The molecule has 2 aromatic heterocycles. The van der Waals surface area contributed by atoms with Crippen molar-refractivity contribution in [3.63, 3.8) is 0 Å². The highest BCUT2D eigenvalue weighted by atomic mass is 32.1. The first-order chi connectivity index (χ1) is 10.1. The van der Waals surface area contributed by atoms with Crippen molar-refractivity contribution in [2.75, 3.05) is 6.61 Å². The maximum absolute atomic E-state index is 12.4. The van der Waals surface area contributed by atoms with E-state index < -0.39 is 11.6 Å². The number of rotatable bonds is 5. The number of aliphatic hydroxyl groups excluding tert-OH is 1. The van der Waals surface area contributed by atoms with Crippen LogP contribution in [-0.4, -0.2) is 37.9 Å². The summed E-state index contributed by atoms with van der Waals surface area (Å²) in [7, 11) is 0. The van der Waals surface area contributed by atoms with Gasteiger partial charge in [0.1, 0.15) is 6.04 Å². The topological polar surface area (TPSA) is 82.9 Å². The number of nitrogens with zero attached hydrogens (tertiary/aromatic N) is 2. The molecule has 0 aromatic carbocycles. The smallest absolute Gasteiger partial charge is 0.243 e. The van der Waals surface area contributed by atoms with Gasteiger partial charge in [-0.2, -0.15) is 5.10 Å². The van der Waals surface area contributed by atoms with Crippen molar-refractivity contribution in [3.05, 3.63) is 22.3 Å². The first-order valence-electron chi connectivity index (χ1n) is 6.70. The second-order valence-corrected chi connectivity index (χ2v) is 6.64. The van der Waals surface area contributed by atoms with E-state index in [0.717, 1.165) is 17.7 Å². The molecule has 0 spiro atoms. The Morgan fingerprint density at radius 2 is 2.48 bits per heavy atom. The number of carbonyl (C=O) groups is 1. The van der Waals surface area contributed by atoms with Gasteiger partial charge in [-0.15, -0.1) is 11.3 Å². The lowest BCUT2D eigenvalue weighted by Crippen LogP contribution is -2.43. The van der Waals surface area contributed by atoms with E-state index in [-0.39, 0.29) is 12.5 Å². The summed E-state index contributed by atoms with van der Waals surface area (Å²) >= 11 is 6.79. The second-order valence-electron chi connectivity index (χ2n) is 5.30. The fourth-order valence-electron chi connectivity index (χ4n) is 2.20. The summed E-state index contributed by atoms with van der Waals surface area (Å²) in [5, 5.41) is 21.1. The number of aromatic nitrogens is 3. The zero-order valence-corrected chi connectivity index (χ0v) is 13.1. The van der Waals surface area contributed by atoms with Crippen LogP contribution in [0.4, 0.5) is 0 Å². The summed E-state index contributed by atoms with van der Waals surface area (Å²) in [6.07, 6.45) is 1.63. The summed E-state index contributed by atoms with van der Waals surface area (Å²) in [6, 6.07) is 3.38. The average molecular weight is 324 g/mol. The number of amides is 1. The molecule has 1 saturated carbocycles. The Hall–Kier alpha value is -1.51. The minimum absolute atomic E-state index is 0.0278. The Kier molecular flexibility index (Phi) is 3.68. The van der Waals surface area contributed by atoms with E-state index in [1.165, 1.54) is 0 Å². The lowest BCUT2D eigenvalue weighted by Gasteiger charge is -2.19. The van der Waals surface area contributed by atoms with Gasteiger partial charge in [-0.1, -0.05) is 6.07 Å². The Labute approximate surface area is 130 Å². The van der Waals surface area contributed by atoms with Gasteiger partial charge in [0.2, 0.25) is 5.91 Å². The Balaban J connectivity index is 1.88. The van der Waals surface area contributed by atoms with Gasteiger partial charge in [-0.05, 0) is 43.4 Å². The Morgan fingerprint density at radius 3 is 3.05 bits per heavy atom. The molecule has 0 bridgehead atoms. The monoisotopic (exact) mass is 324 g/mol. The zero-order chi connectivity index (χ0) is 15.0. The number of aliphatic hydroxyl groups is 1. The van der Waals surface area contributed by atoms with Gasteiger partial charge in [0.15, 0.2) is 10.6 Å². The largest absolute Gasteiger partial charge is 0.394 e. The molecule has 1 aliphatic carbocycles. The highest BCUT2D eigenvalue weighted by Crippen LogP contribution is 2.35. The minimum atomic E-state index is -0.489. The molecule has 6 nitrogen and oxygen atoms in total. The lowest BCUT2D eigenvalue weighted by atomic mass is 10.2. The number of aromatic amines is 1. The van der Waals surface area contributed by atoms with E-state index in [1.54, 1.807) is 22.8 Å². The molecule has 1 amide bonds. The van der Waals surface area contributed by atoms with Crippen LogP contribution in [0.5, 0.6) is 0 Å². The molecule has 2 aromatic rings. The van der Waals surface area contributed by atoms with E-state index in [9.17, 15) is 9.90 Å². The van der Waals surface area contributed by atoms with Gasteiger partial charge in [0.05, 0.1) is 17.0 Å². The lowest BCUT2D eigenvalue weighted by molar-refractivity contribution is -0.125. The van der Waals surface area contributed by atoms with Crippen LogP contribution in [0.1, 0.15) is 25.8 Å². The van der Waals surface area contributed by atoms with Crippen LogP contribution in [0.2, 0.25) is 0 Å². The molecule has 0 radical (unpaired) electrons. The third-order valence-corrected chi connectivity index (χ3v) is 4.91. The van der Waals surface area contributed by atoms with Crippen molar-refractivity contribution in [1.82, 2.24) is 20.1 Å². The number of H-pyrrole nitrogens is 1. The Morgan fingerprint density at radius 1 is 1.71 bits per heavy atom. The number of hydrogen-bond acceptors (Lipinski definition) is 5. The van der Waals surface area contributed by atoms with Crippen molar-refractivity contribution < 1.29 is 9.90 Å². The highest BCUT2D eigenvalue weighted by molar-refractivity contribution is 7.71. The van der Waals surface area contributed by atoms with Crippen LogP contribution in [0.15, 0.2) is 17.5 Å². The van der Waals surface area contributed by atoms with Crippen molar-refractivity contribution in [2.45, 2.75) is 31.3 Å². The molecule has 3 rings (SSSR count). The first-order valence-corrected chi connectivity index (χ1v) is 7.99. The van der Waals surface area contributed by atoms with Crippen LogP contribution >= 0.6 is 23.6 Å². The molecule has 1 aliphatic rings. The van der Waals surface area contributed by atoms with E-state index in [2.05, 4.69) is 15.5 Å².